The average molecular weight is 502 g/mol. The summed E-state index contributed by atoms with van der Waals surface area (Å²) in [6.07, 6.45) is 0.923. The van der Waals surface area contributed by atoms with Crippen LogP contribution >= 0.6 is 0 Å². The molecule has 36 heavy (non-hydrogen) atoms. The van der Waals surface area contributed by atoms with E-state index >= 15 is 8.78 Å². The van der Waals surface area contributed by atoms with Crippen LogP contribution in [0.1, 0.15) is 22.4 Å². The Morgan fingerprint density at radius 1 is 1.06 bits per heavy atom. The van der Waals surface area contributed by atoms with Gasteiger partial charge < -0.3 is 9.84 Å². The highest BCUT2D eigenvalue weighted by molar-refractivity contribution is 5.35. The summed E-state index contributed by atoms with van der Waals surface area (Å²) < 4.78 is 79.4. The molecule has 0 aliphatic carbocycles. The second-order valence-corrected chi connectivity index (χ2v) is 7.57. The number of hydrogen-bond donors (Lipinski definition) is 1. The average Bonchev–Trinajstić information content (AvgIpc) is 3.36. The van der Waals surface area contributed by atoms with Gasteiger partial charge in [0.05, 0.1) is 5.56 Å². The summed E-state index contributed by atoms with van der Waals surface area (Å²) >= 11 is 0. The van der Waals surface area contributed by atoms with Crippen LogP contribution in [0.25, 0.3) is 0 Å². The number of nitriles is 1. The van der Waals surface area contributed by atoms with Crippen LogP contribution in [-0.4, -0.2) is 30.3 Å². The normalized spacial score (nSPS) is 13.1. The van der Waals surface area contributed by atoms with Crippen molar-refractivity contribution in [3.63, 3.8) is 0 Å². The van der Waals surface area contributed by atoms with Gasteiger partial charge in [0.15, 0.2) is 11.9 Å². The van der Waals surface area contributed by atoms with E-state index in [9.17, 15) is 18.3 Å². The molecule has 0 amide bonds. The second kappa shape index (κ2) is 9.67. The first-order valence-electron chi connectivity index (χ1n) is 10.2. The van der Waals surface area contributed by atoms with E-state index in [-0.39, 0.29) is 17.0 Å². The van der Waals surface area contributed by atoms with E-state index in [1.165, 1.54) is 24.3 Å². The molecule has 1 atom stereocenters. The standard InChI is InChI=1S/C23H15F5N6O2/c24-16-7-8-17(18(25)9-16)22(35,12-34-31-13-30-33-34)23(27,28)19-5-2-6-20(32-19)36-11-15-4-1-3-14(10-29)21(15)26/h1-9,13,35H,11-12H2. The number of hydrogen-bond acceptors (Lipinski definition) is 7. The smallest absolute Gasteiger partial charge is 0.323 e. The number of aliphatic hydroxyl groups is 1. The van der Waals surface area contributed by atoms with E-state index in [1.807, 2.05) is 0 Å². The van der Waals surface area contributed by atoms with Crippen LogP contribution in [0.5, 0.6) is 5.88 Å². The number of pyridine rings is 1. The van der Waals surface area contributed by atoms with Crippen molar-refractivity contribution >= 4 is 0 Å². The molecule has 0 aliphatic heterocycles. The van der Waals surface area contributed by atoms with Crippen LogP contribution in [0.15, 0.2) is 60.9 Å². The van der Waals surface area contributed by atoms with Gasteiger partial charge in [0.2, 0.25) is 5.88 Å². The third-order valence-corrected chi connectivity index (χ3v) is 5.28. The molecule has 0 radical (unpaired) electrons. The van der Waals surface area contributed by atoms with Crippen molar-refractivity contribution in [3.05, 3.63) is 101 Å². The SMILES string of the molecule is N#Cc1cccc(COc2cccc(C(F)(F)C(O)(Cn3ncnn3)c3ccc(F)cc3F)n2)c1F. The van der Waals surface area contributed by atoms with Crippen molar-refractivity contribution in [2.75, 3.05) is 0 Å². The molecule has 0 saturated carbocycles. The lowest BCUT2D eigenvalue weighted by Crippen LogP contribution is -2.48. The Balaban J connectivity index is 1.70. The van der Waals surface area contributed by atoms with Crippen molar-refractivity contribution in [2.24, 2.45) is 0 Å². The molecular formula is C23H15F5N6O2. The van der Waals surface area contributed by atoms with Crippen molar-refractivity contribution in [1.82, 2.24) is 25.2 Å². The van der Waals surface area contributed by atoms with Gasteiger partial charge in [-0.1, -0.05) is 18.2 Å². The van der Waals surface area contributed by atoms with Gasteiger partial charge in [-0.15, -0.1) is 10.2 Å². The van der Waals surface area contributed by atoms with Gasteiger partial charge in [-0.2, -0.15) is 18.8 Å². The van der Waals surface area contributed by atoms with Crippen molar-refractivity contribution in [1.29, 1.82) is 5.26 Å². The number of halogens is 5. The van der Waals surface area contributed by atoms with Gasteiger partial charge in [0.1, 0.15) is 42.4 Å². The Bertz CT molecular complexity index is 1430. The summed E-state index contributed by atoms with van der Waals surface area (Å²) in [5, 5.41) is 30.6. The van der Waals surface area contributed by atoms with E-state index in [4.69, 9.17) is 10.00 Å². The fourth-order valence-corrected chi connectivity index (χ4v) is 3.46. The van der Waals surface area contributed by atoms with Crippen molar-refractivity contribution in [3.8, 4) is 11.9 Å². The highest BCUT2D eigenvalue weighted by Gasteiger charge is 2.58. The van der Waals surface area contributed by atoms with Crippen molar-refractivity contribution in [2.45, 2.75) is 24.7 Å². The van der Waals surface area contributed by atoms with Gasteiger partial charge in [-0.3, -0.25) is 0 Å². The summed E-state index contributed by atoms with van der Waals surface area (Å²) in [6.45, 7) is -1.51. The summed E-state index contributed by atoms with van der Waals surface area (Å²) in [7, 11) is 0. The summed E-state index contributed by atoms with van der Waals surface area (Å²) in [4.78, 5) is 4.33. The first-order chi connectivity index (χ1) is 17.2. The lowest BCUT2D eigenvalue weighted by atomic mass is 9.84. The fourth-order valence-electron chi connectivity index (χ4n) is 3.46. The maximum absolute atomic E-state index is 15.9. The van der Waals surface area contributed by atoms with E-state index in [0.29, 0.717) is 23.0 Å². The molecule has 13 heteroatoms. The van der Waals surface area contributed by atoms with Crippen LogP contribution in [0, 0.1) is 28.8 Å². The minimum Gasteiger partial charge on any atom is -0.473 e. The van der Waals surface area contributed by atoms with Gasteiger partial charge in [-0.25, -0.2) is 18.2 Å². The van der Waals surface area contributed by atoms with E-state index in [1.54, 1.807) is 6.07 Å². The number of alkyl halides is 2. The zero-order valence-corrected chi connectivity index (χ0v) is 18.1. The summed E-state index contributed by atoms with van der Waals surface area (Å²) in [5.74, 6) is -7.97. The topological polar surface area (TPSA) is 110 Å². The monoisotopic (exact) mass is 502 g/mol. The number of benzene rings is 2. The Hall–Kier alpha value is -4.44. The molecule has 0 aliphatic rings. The highest BCUT2D eigenvalue weighted by atomic mass is 19.3. The highest BCUT2D eigenvalue weighted by Crippen LogP contribution is 2.47. The number of rotatable bonds is 8. The third kappa shape index (κ3) is 4.58. The van der Waals surface area contributed by atoms with Crippen LogP contribution < -0.4 is 4.74 Å². The Morgan fingerprint density at radius 3 is 2.53 bits per heavy atom. The number of nitrogens with zero attached hydrogens (tertiary/aromatic N) is 6. The number of tetrazole rings is 1. The predicted octanol–water partition coefficient (Wildman–Crippen LogP) is 3.62. The Labute approximate surface area is 200 Å². The molecule has 0 fully saturated rings. The van der Waals surface area contributed by atoms with Gasteiger partial charge in [0, 0.05) is 23.3 Å². The first-order valence-corrected chi connectivity index (χ1v) is 10.2. The molecule has 184 valence electrons. The van der Waals surface area contributed by atoms with Crippen molar-refractivity contribution < 1.29 is 31.8 Å². The minimum absolute atomic E-state index is 0.0184. The molecule has 1 unspecified atom stereocenters. The zero-order valence-electron chi connectivity index (χ0n) is 18.1. The van der Waals surface area contributed by atoms with Crippen LogP contribution in [0.4, 0.5) is 22.0 Å². The maximum Gasteiger partial charge on any atom is 0.323 e. The second-order valence-electron chi connectivity index (χ2n) is 7.57. The molecule has 2 aromatic carbocycles. The van der Waals surface area contributed by atoms with E-state index in [2.05, 4.69) is 20.4 Å². The molecule has 1 N–H and O–H groups in total. The Morgan fingerprint density at radius 2 is 1.83 bits per heavy atom. The molecule has 0 saturated heterocycles. The molecular weight excluding hydrogens is 487 g/mol. The van der Waals surface area contributed by atoms with Crippen LogP contribution in [-0.2, 0) is 24.7 Å². The van der Waals surface area contributed by atoms with Crippen LogP contribution in [0.3, 0.4) is 0 Å². The van der Waals surface area contributed by atoms with Gasteiger partial charge in [-0.05, 0) is 29.5 Å². The van der Waals surface area contributed by atoms with Crippen LogP contribution in [0.2, 0.25) is 0 Å². The Kier molecular flexibility index (Phi) is 6.63. The molecule has 2 heterocycles. The molecule has 0 bridgehead atoms. The van der Waals surface area contributed by atoms with E-state index in [0.717, 1.165) is 18.5 Å². The van der Waals surface area contributed by atoms with E-state index < -0.39 is 53.4 Å². The third-order valence-electron chi connectivity index (χ3n) is 5.28. The minimum atomic E-state index is -4.30. The zero-order chi connectivity index (χ0) is 25.9. The van der Waals surface area contributed by atoms with Gasteiger partial charge >= 0.3 is 5.92 Å². The fraction of sp³-hybridized carbons (Fsp3) is 0.174. The molecule has 4 aromatic rings. The lowest BCUT2D eigenvalue weighted by Gasteiger charge is -2.35. The number of aromatic nitrogens is 5. The molecule has 4 rings (SSSR count). The quantitative estimate of drug-likeness (QED) is 0.367. The summed E-state index contributed by atoms with van der Waals surface area (Å²) in [6, 6.07) is 10.7. The molecule has 2 aromatic heterocycles. The largest absolute Gasteiger partial charge is 0.473 e. The summed E-state index contributed by atoms with van der Waals surface area (Å²) in [5.41, 5.74) is -5.55. The molecule has 0 spiro atoms. The predicted molar refractivity (Wildman–Crippen MR) is 112 cm³/mol. The van der Waals surface area contributed by atoms with Gasteiger partial charge in [0.25, 0.3) is 0 Å². The first kappa shape index (κ1) is 24.7. The maximum atomic E-state index is 15.9. The molecule has 8 nitrogen and oxygen atoms in total. The number of ether oxygens (including phenoxy) is 1. The lowest BCUT2D eigenvalue weighted by molar-refractivity contribution is -0.209.